The van der Waals surface area contributed by atoms with E-state index in [1.54, 1.807) is 24.3 Å². The Morgan fingerprint density at radius 1 is 1.50 bits per heavy atom. The zero-order valence-electron chi connectivity index (χ0n) is 8.75. The minimum Gasteiger partial charge on any atom is -0.442 e. The molecule has 1 atom stereocenters. The third kappa shape index (κ3) is 3.95. The number of amides is 1. The molecule has 6 nitrogen and oxygen atoms in total. The van der Waals surface area contributed by atoms with Crippen LogP contribution in [0.3, 0.4) is 0 Å². The third-order valence-electron chi connectivity index (χ3n) is 1.84. The van der Waals surface area contributed by atoms with Crippen LogP contribution in [0, 0.1) is 10.1 Å². The topological polar surface area (TPSA) is 81.5 Å². The molecule has 6 heteroatoms. The molecular formula is C10H12N2O4. The third-order valence-corrected chi connectivity index (χ3v) is 1.84. The van der Waals surface area contributed by atoms with Crippen molar-refractivity contribution in [1.82, 2.24) is 0 Å². The van der Waals surface area contributed by atoms with E-state index in [2.05, 4.69) is 10.1 Å². The maximum Gasteiger partial charge on any atom is 0.411 e. The minimum absolute atomic E-state index is 0.244. The highest BCUT2D eigenvalue weighted by atomic mass is 16.6. The van der Waals surface area contributed by atoms with Crippen molar-refractivity contribution in [3.8, 4) is 0 Å². The molecule has 1 rings (SSSR count). The standard InChI is InChI=1S/C10H12N2O4/c1-8(12(14)15)7-16-10(13)11-9-5-3-2-4-6-9/h2-6,8H,7H2,1H3,(H,11,13). The normalized spacial score (nSPS) is 11.6. The van der Waals surface area contributed by atoms with E-state index < -0.39 is 17.1 Å². The highest BCUT2D eigenvalue weighted by molar-refractivity contribution is 5.84. The molecule has 0 fully saturated rings. The van der Waals surface area contributed by atoms with Crippen LogP contribution in [0.2, 0.25) is 0 Å². The summed E-state index contributed by atoms with van der Waals surface area (Å²) in [6, 6.07) is 7.81. The van der Waals surface area contributed by atoms with Crippen molar-refractivity contribution < 1.29 is 14.5 Å². The van der Waals surface area contributed by atoms with Crippen molar-refractivity contribution >= 4 is 11.8 Å². The highest BCUT2D eigenvalue weighted by Gasteiger charge is 2.15. The molecule has 16 heavy (non-hydrogen) atoms. The van der Waals surface area contributed by atoms with Crippen LogP contribution in [-0.2, 0) is 4.74 Å². The molecule has 0 aliphatic carbocycles. The Morgan fingerprint density at radius 3 is 2.69 bits per heavy atom. The van der Waals surface area contributed by atoms with Gasteiger partial charge in [-0.25, -0.2) is 4.79 Å². The monoisotopic (exact) mass is 224 g/mol. The largest absolute Gasteiger partial charge is 0.442 e. The quantitative estimate of drug-likeness (QED) is 0.625. The molecule has 1 N–H and O–H groups in total. The van der Waals surface area contributed by atoms with Gasteiger partial charge in [-0.3, -0.25) is 15.4 Å². The first-order chi connectivity index (χ1) is 7.59. The zero-order chi connectivity index (χ0) is 12.0. The van der Waals surface area contributed by atoms with E-state index in [1.807, 2.05) is 6.07 Å². The lowest BCUT2D eigenvalue weighted by atomic mass is 10.3. The smallest absolute Gasteiger partial charge is 0.411 e. The van der Waals surface area contributed by atoms with Gasteiger partial charge >= 0.3 is 6.09 Å². The van der Waals surface area contributed by atoms with Gasteiger partial charge in [-0.2, -0.15) is 0 Å². The summed E-state index contributed by atoms with van der Waals surface area (Å²) in [7, 11) is 0. The van der Waals surface area contributed by atoms with Crippen LogP contribution in [0.4, 0.5) is 10.5 Å². The van der Waals surface area contributed by atoms with Crippen molar-refractivity contribution in [1.29, 1.82) is 0 Å². The molecular weight excluding hydrogens is 212 g/mol. The van der Waals surface area contributed by atoms with Crippen molar-refractivity contribution in [2.45, 2.75) is 13.0 Å². The summed E-state index contributed by atoms with van der Waals surface area (Å²) >= 11 is 0. The van der Waals surface area contributed by atoms with E-state index in [0.29, 0.717) is 5.69 Å². The predicted octanol–water partition coefficient (Wildman–Crippen LogP) is 1.90. The predicted molar refractivity (Wildman–Crippen MR) is 57.9 cm³/mol. The Hall–Kier alpha value is -2.11. The van der Waals surface area contributed by atoms with Crippen LogP contribution >= 0.6 is 0 Å². The van der Waals surface area contributed by atoms with E-state index in [0.717, 1.165) is 0 Å². The lowest BCUT2D eigenvalue weighted by Crippen LogP contribution is -2.25. The first-order valence-electron chi connectivity index (χ1n) is 4.72. The van der Waals surface area contributed by atoms with Crippen LogP contribution in [0.5, 0.6) is 0 Å². The molecule has 86 valence electrons. The summed E-state index contributed by atoms with van der Waals surface area (Å²) in [5.41, 5.74) is 0.584. The Bertz CT molecular complexity index is 366. The number of hydrogen-bond acceptors (Lipinski definition) is 4. The van der Waals surface area contributed by atoms with Gasteiger partial charge in [0.05, 0.1) is 0 Å². The maximum atomic E-state index is 11.2. The highest BCUT2D eigenvalue weighted by Crippen LogP contribution is 2.05. The molecule has 0 bridgehead atoms. The summed E-state index contributed by atoms with van der Waals surface area (Å²) in [6.07, 6.45) is -0.695. The zero-order valence-corrected chi connectivity index (χ0v) is 8.75. The number of nitrogens with one attached hydrogen (secondary N) is 1. The van der Waals surface area contributed by atoms with Gasteiger partial charge in [0.15, 0.2) is 6.61 Å². The van der Waals surface area contributed by atoms with Gasteiger partial charge in [-0.15, -0.1) is 0 Å². The molecule has 1 unspecified atom stereocenters. The molecule has 0 saturated heterocycles. The lowest BCUT2D eigenvalue weighted by molar-refractivity contribution is -0.520. The fourth-order valence-electron chi connectivity index (χ4n) is 0.933. The van der Waals surface area contributed by atoms with Gasteiger partial charge in [0.2, 0.25) is 6.04 Å². The van der Waals surface area contributed by atoms with E-state index in [1.165, 1.54) is 6.92 Å². The average Bonchev–Trinajstić information content (AvgIpc) is 2.27. The number of rotatable bonds is 4. The summed E-state index contributed by atoms with van der Waals surface area (Å²) in [4.78, 5) is 20.9. The summed E-state index contributed by atoms with van der Waals surface area (Å²) in [6.45, 7) is 1.13. The van der Waals surface area contributed by atoms with E-state index in [-0.39, 0.29) is 6.61 Å². The second-order valence-electron chi connectivity index (χ2n) is 3.22. The number of ether oxygens (including phenoxy) is 1. The molecule has 0 aliphatic rings. The van der Waals surface area contributed by atoms with Gasteiger partial charge in [0.25, 0.3) is 0 Å². The van der Waals surface area contributed by atoms with E-state index in [4.69, 9.17) is 0 Å². The Balaban J connectivity index is 2.35. The van der Waals surface area contributed by atoms with Crippen LogP contribution < -0.4 is 5.32 Å². The fraction of sp³-hybridized carbons (Fsp3) is 0.300. The maximum absolute atomic E-state index is 11.2. The molecule has 0 heterocycles. The molecule has 0 aromatic heterocycles. The van der Waals surface area contributed by atoms with Crippen molar-refractivity contribution in [3.05, 3.63) is 40.4 Å². The van der Waals surface area contributed by atoms with E-state index >= 15 is 0 Å². The van der Waals surface area contributed by atoms with Gasteiger partial charge in [-0.1, -0.05) is 18.2 Å². The average molecular weight is 224 g/mol. The summed E-state index contributed by atoms with van der Waals surface area (Å²) in [5.74, 6) is 0. The van der Waals surface area contributed by atoms with Crippen molar-refractivity contribution in [2.24, 2.45) is 0 Å². The van der Waals surface area contributed by atoms with E-state index in [9.17, 15) is 14.9 Å². The van der Waals surface area contributed by atoms with Gasteiger partial charge in [0.1, 0.15) is 0 Å². The molecule has 0 spiro atoms. The van der Waals surface area contributed by atoms with Crippen LogP contribution in [0.1, 0.15) is 6.92 Å². The molecule has 0 saturated carbocycles. The number of carbonyl (C=O) groups excluding carboxylic acids is 1. The van der Waals surface area contributed by atoms with Crippen molar-refractivity contribution in [3.63, 3.8) is 0 Å². The minimum atomic E-state index is -0.901. The molecule has 0 aliphatic heterocycles. The second kappa shape index (κ2) is 5.69. The van der Waals surface area contributed by atoms with Gasteiger partial charge < -0.3 is 4.74 Å². The SMILES string of the molecule is CC(COC(=O)Nc1ccccc1)[N+](=O)[O-]. The number of nitro groups is 1. The summed E-state index contributed by atoms with van der Waals surface area (Å²) < 4.78 is 4.68. The fourth-order valence-corrected chi connectivity index (χ4v) is 0.933. The molecule has 0 radical (unpaired) electrons. The number of nitrogens with zero attached hydrogens (tertiary/aromatic N) is 1. The Morgan fingerprint density at radius 2 is 2.12 bits per heavy atom. The van der Waals surface area contributed by atoms with Gasteiger partial charge in [0, 0.05) is 17.5 Å². The number of carbonyl (C=O) groups is 1. The van der Waals surface area contributed by atoms with Crippen molar-refractivity contribution in [2.75, 3.05) is 11.9 Å². The van der Waals surface area contributed by atoms with Gasteiger partial charge in [-0.05, 0) is 12.1 Å². The van der Waals surface area contributed by atoms with Crippen LogP contribution in [-0.4, -0.2) is 23.7 Å². The first kappa shape index (κ1) is 12.0. The van der Waals surface area contributed by atoms with Crippen LogP contribution in [0.15, 0.2) is 30.3 Å². The number of anilines is 1. The van der Waals surface area contributed by atoms with Crippen LogP contribution in [0.25, 0.3) is 0 Å². The Labute approximate surface area is 92.4 Å². The molecule has 1 aromatic carbocycles. The first-order valence-corrected chi connectivity index (χ1v) is 4.72. The lowest BCUT2D eigenvalue weighted by Gasteiger charge is -2.07. The number of para-hydroxylation sites is 1. The molecule has 1 aromatic rings. The Kier molecular flexibility index (Phi) is 4.26. The number of hydrogen-bond donors (Lipinski definition) is 1. The summed E-state index contributed by atoms with van der Waals surface area (Å²) in [5, 5.41) is 12.7. The molecule has 1 amide bonds. The number of benzene rings is 1. The second-order valence-corrected chi connectivity index (χ2v) is 3.22.